The van der Waals surface area contributed by atoms with Gasteiger partial charge in [-0.3, -0.25) is 0 Å². The molecule has 0 spiro atoms. The second kappa shape index (κ2) is 7.00. The molecule has 2 aromatic rings. The topological polar surface area (TPSA) is 67.8 Å². The molecule has 2 aromatic carbocycles. The predicted molar refractivity (Wildman–Crippen MR) is 87.4 cm³/mol. The van der Waals surface area contributed by atoms with Crippen LogP contribution in [0.3, 0.4) is 0 Å². The number of halogens is 2. The number of methoxy groups -OCH3 is 1. The van der Waals surface area contributed by atoms with Crippen LogP contribution in [0, 0.1) is 0 Å². The van der Waals surface area contributed by atoms with Crippen LogP contribution in [0.25, 0.3) is 0 Å². The number of hydrogen-bond acceptors (Lipinski definition) is 4. The van der Waals surface area contributed by atoms with Crippen LogP contribution in [0.15, 0.2) is 52.5 Å². The molecule has 0 fully saturated rings. The van der Waals surface area contributed by atoms with Gasteiger partial charge in [0.2, 0.25) is 0 Å². The molecule has 1 N–H and O–H groups in total. The van der Waals surface area contributed by atoms with Crippen LogP contribution in [0.1, 0.15) is 5.56 Å². The third kappa shape index (κ3) is 4.13. The highest BCUT2D eigenvalue weighted by molar-refractivity contribution is 7.89. The second-order valence-corrected chi connectivity index (χ2v) is 6.71. The Labute approximate surface area is 138 Å². The average Bonchev–Trinajstić information content (AvgIpc) is 2.47. The van der Waals surface area contributed by atoms with Crippen LogP contribution < -0.4 is 9.57 Å². The van der Waals surface area contributed by atoms with Gasteiger partial charge in [0.15, 0.2) is 0 Å². The zero-order valence-corrected chi connectivity index (χ0v) is 13.8. The molecule has 0 aliphatic heterocycles. The van der Waals surface area contributed by atoms with Crippen molar-refractivity contribution in [3.63, 3.8) is 0 Å². The highest BCUT2D eigenvalue weighted by Gasteiger charge is 2.19. The van der Waals surface area contributed by atoms with Gasteiger partial charge in [-0.2, -0.15) is 18.4 Å². The van der Waals surface area contributed by atoms with Crippen LogP contribution in [-0.4, -0.2) is 21.7 Å². The van der Waals surface area contributed by atoms with E-state index in [2.05, 4.69) is 9.93 Å². The van der Waals surface area contributed by atoms with Crippen molar-refractivity contribution in [1.29, 1.82) is 0 Å². The molecule has 116 valence electrons. The quantitative estimate of drug-likeness (QED) is 0.658. The number of ether oxygens (including phenoxy) is 1. The molecule has 0 aromatic heterocycles. The van der Waals surface area contributed by atoms with Gasteiger partial charge in [-0.05, 0) is 35.9 Å². The molecule has 5 nitrogen and oxygen atoms in total. The Morgan fingerprint density at radius 3 is 2.55 bits per heavy atom. The summed E-state index contributed by atoms with van der Waals surface area (Å²) >= 11 is 11.7. The van der Waals surface area contributed by atoms with E-state index in [4.69, 9.17) is 27.9 Å². The Morgan fingerprint density at radius 2 is 1.86 bits per heavy atom. The maximum absolute atomic E-state index is 12.2. The molecule has 0 amide bonds. The van der Waals surface area contributed by atoms with Crippen molar-refractivity contribution in [2.45, 2.75) is 4.90 Å². The largest absolute Gasteiger partial charge is 0.495 e. The molecular formula is C14H12Cl2N2O3S. The third-order valence-corrected chi connectivity index (χ3v) is 4.36. The van der Waals surface area contributed by atoms with Gasteiger partial charge in [-0.1, -0.05) is 35.3 Å². The molecule has 0 saturated carbocycles. The van der Waals surface area contributed by atoms with E-state index in [1.54, 1.807) is 24.3 Å². The summed E-state index contributed by atoms with van der Waals surface area (Å²) in [7, 11) is -2.52. The molecule has 0 aliphatic rings. The molecule has 0 saturated heterocycles. The lowest BCUT2D eigenvalue weighted by Crippen LogP contribution is -2.19. The normalized spacial score (nSPS) is 11.6. The molecule has 0 bridgehead atoms. The first-order valence-corrected chi connectivity index (χ1v) is 8.30. The molecule has 0 radical (unpaired) electrons. The number of rotatable bonds is 5. The number of nitrogens with zero attached hydrogens (tertiary/aromatic N) is 1. The van der Waals surface area contributed by atoms with E-state index < -0.39 is 10.0 Å². The minimum absolute atomic E-state index is 0.0919. The maximum Gasteiger partial charge on any atom is 0.280 e. The average molecular weight is 359 g/mol. The van der Waals surface area contributed by atoms with Crippen LogP contribution in [-0.2, 0) is 10.0 Å². The molecule has 0 heterocycles. The second-order valence-electron chi connectivity index (χ2n) is 4.20. The minimum atomic E-state index is -3.90. The molecule has 0 atom stereocenters. The van der Waals surface area contributed by atoms with Crippen LogP contribution in [0.2, 0.25) is 10.0 Å². The Kier molecular flexibility index (Phi) is 5.28. The lowest BCUT2D eigenvalue weighted by molar-refractivity contribution is 0.402. The number of sulfonamides is 1. The lowest BCUT2D eigenvalue weighted by atomic mass is 10.2. The van der Waals surface area contributed by atoms with Crippen molar-refractivity contribution in [3.05, 3.63) is 58.1 Å². The van der Waals surface area contributed by atoms with E-state index in [0.717, 1.165) is 0 Å². The van der Waals surface area contributed by atoms with E-state index in [-0.39, 0.29) is 15.7 Å². The first kappa shape index (κ1) is 16.6. The van der Waals surface area contributed by atoms with Crippen molar-refractivity contribution in [3.8, 4) is 5.75 Å². The smallest absolute Gasteiger partial charge is 0.280 e. The van der Waals surface area contributed by atoms with E-state index in [9.17, 15) is 8.42 Å². The van der Waals surface area contributed by atoms with Crippen LogP contribution in [0.5, 0.6) is 5.75 Å². The van der Waals surface area contributed by atoms with Gasteiger partial charge >= 0.3 is 0 Å². The van der Waals surface area contributed by atoms with Gasteiger partial charge in [-0.25, -0.2) is 0 Å². The number of nitrogens with one attached hydrogen (secondary N) is 1. The summed E-state index contributed by atoms with van der Waals surface area (Å²) in [4.78, 5) is 2.01. The molecule has 0 unspecified atom stereocenters. The zero-order valence-electron chi connectivity index (χ0n) is 11.5. The maximum atomic E-state index is 12.2. The summed E-state index contributed by atoms with van der Waals surface area (Å²) in [5, 5.41) is 4.52. The minimum Gasteiger partial charge on any atom is -0.495 e. The van der Waals surface area contributed by atoms with E-state index in [1.165, 1.54) is 31.5 Å². The lowest BCUT2D eigenvalue weighted by Gasteiger charge is -2.09. The number of hydrogen-bond donors (Lipinski definition) is 1. The van der Waals surface area contributed by atoms with Gasteiger partial charge in [0.1, 0.15) is 10.6 Å². The van der Waals surface area contributed by atoms with E-state index in [1.807, 2.05) is 0 Å². The highest BCUT2D eigenvalue weighted by Crippen LogP contribution is 2.26. The SMILES string of the molecule is COc1ccc(Cl)cc1S(=O)(=O)N/N=C/c1cccc(Cl)c1. The summed E-state index contributed by atoms with van der Waals surface area (Å²) in [5.41, 5.74) is 0.660. The van der Waals surface area contributed by atoms with Crippen molar-refractivity contribution in [2.24, 2.45) is 5.10 Å². The van der Waals surface area contributed by atoms with Crippen LogP contribution >= 0.6 is 23.2 Å². The first-order chi connectivity index (χ1) is 10.4. The fourth-order valence-electron chi connectivity index (χ4n) is 1.67. The summed E-state index contributed by atoms with van der Waals surface area (Å²) in [5.74, 6) is 0.176. The number of benzene rings is 2. The van der Waals surface area contributed by atoms with Crippen molar-refractivity contribution in [1.82, 2.24) is 4.83 Å². The van der Waals surface area contributed by atoms with Crippen molar-refractivity contribution >= 4 is 39.4 Å². The number of hydrazone groups is 1. The van der Waals surface area contributed by atoms with Gasteiger partial charge < -0.3 is 4.74 Å². The van der Waals surface area contributed by atoms with Crippen LogP contribution in [0.4, 0.5) is 0 Å². The molecule has 8 heteroatoms. The van der Waals surface area contributed by atoms with E-state index >= 15 is 0 Å². The standard InChI is InChI=1S/C14H12Cl2N2O3S/c1-21-13-6-5-12(16)8-14(13)22(19,20)18-17-9-10-3-2-4-11(15)7-10/h2-9,18H,1H3/b17-9+. The Bertz CT molecular complexity index is 807. The van der Waals surface area contributed by atoms with Crippen molar-refractivity contribution in [2.75, 3.05) is 7.11 Å². The van der Waals surface area contributed by atoms with Crippen molar-refractivity contribution < 1.29 is 13.2 Å². The first-order valence-electron chi connectivity index (χ1n) is 6.06. The summed E-state index contributed by atoms with van der Waals surface area (Å²) < 4.78 is 29.5. The monoisotopic (exact) mass is 358 g/mol. The van der Waals surface area contributed by atoms with Gasteiger partial charge in [0.05, 0.1) is 13.3 Å². The molecule has 2 rings (SSSR count). The molecular weight excluding hydrogens is 347 g/mol. The van der Waals surface area contributed by atoms with Gasteiger partial charge in [-0.15, -0.1) is 0 Å². The van der Waals surface area contributed by atoms with E-state index in [0.29, 0.717) is 10.6 Å². The Balaban J connectivity index is 2.23. The van der Waals surface area contributed by atoms with Gasteiger partial charge in [0.25, 0.3) is 10.0 Å². The summed E-state index contributed by atoms with van der Waals surface area (Å²) in [6, 6.07) is 11.1. The summed E-state index contributed by atoms with van der Waals surface area (Å²) in [6.45, 7) is 0. The summed E-state index contributed by atoms with van der Waals surface area (Å²) in [6.07, 6.45) is 1.35. The van der Waals surface area contributed by atoms with Gasteiger partial charge in [0, 0.05) is 10.0 Å². The Morgan fingerprint density at radius 1 is 1.14 bits per heavy atom. The predicted octanol–water partition coefficient (Wildman–Crippen LogP) is 3.31. The zero-order chi connectivity index (χ0) is 16.2. The fraction of sp³-hybridized carbons (Fsp3) is 0.0714. The fourth-order valence-corrected chi connectivity index (χ4v) is 3.09. The molecule has 22 heavy (non-hydrogen) atoms. The highest BCUT2D eigenvalue weighted by atomic mass is 35.5. The molecule has 0 aliphatic carbocycles. The Hall–Kier alpha value is -1.76. The third-order valence-electron chi connectivity index (χ3n) is 2.65.